The summed E-state index contributed by atoms with van der Waals surface area (Å²) in [4.78, 5) is 11.9. The van der Waals surface area contributed by atoms with E-state index in [1.165, 1.54) is 0 Å². The molecule has 1 aliphatic carbocycles. The van der Waals surface area contributed by atoms with Gasteiger partial charge in [0, 0.05) is 6.54 Å². The van der Waals surface area contributed by atoms with Crippen molar-refractivity contribution in [2.24, 2.45) is 16.3 Å². The summed E-state index contributed by atoms with van der Waals surface area (Å²) >= 11 is 0. The molecule has 0 heterocycles. The maximum absolute atomic E-state index is 11.9. The van der Waals surface area contributed by atoms with Crippen molar-refractivity contribution in [3.05, 3.63) is 0 Å². The Balaban J connectivity index is 2.89. The van der Waals surface area contributed by atoms with E-state index in [1.54, 1.807) is 0 Å². The molecule has 0 aromatic carbocycles. The molecule has 0 unspecified atom stereocenters. The summed E-state index contributed by atoms with van der Waals surface area (Å²) in [5.41, 5.74) is 4.88. The number of nitrogens with two attached hydrogens (primary N) is 1. The molecule has 1 rings (SSSR count). The number of nitrogens with zero attached hydrogens (tertiary/aromatic N) is 1. The van der Waals surface area contributed by atoms with Gasteiger partial charge in [-0.05, 0) is 19.8 Å². The highest BCUT2D eigenvalue weighted by molar-refractivity contribution is 6.06. The van der Waals surface area contributed by atoms with Gasteiger partial charge in [-0.2, -0.15) is 0 Å². The Morgan fingerprint density at radius 2 is 2.07 bits per heavy atom. The summed E-state index contributed by atoms with van der Waals surface area (Å²) in [5, 5.41) is 14.5. The van der Waals surface area contributed by atoms with Crippen LogP contribution in [0.15, 0.2) is 5.16 Å². The Kier molecular flexibility index (Phi) is 3.94. The van der Waals surface area contributed by atoms with Gasteiger partial charge in [-0.15, -0.1) is 0 Å². The molecule has 0 spiro atoms. The molecule has 0 aromatic rings. The third-order valence-electron chi connectivity index (χ3n) is 3.08. The highest BCUT2D eigenvalue weighted by atomic mass is 16.4. The van der Waals surface area contributed by atoms with Crippen molar-refractivity contribution in [1.82, 2.24) is 5.32 Å². The first-order chi connectivity index (χ1) is 7.17. The zero-order valence-electron chi connectivity index (χ0n) is 9.12. The minimum atomic E-state index is -0.775. The zero-order chi connectivity index (χ0) is 11.3. The molecular weight excluding hydrogens is 194 g/mol. The van der Waals surface area contributed by atoms with Crippen LogP contribution < -0.4 is 11.1 Å². The van der Waals surface area contributed by atoms with Crippen molar-refractivity contribution in [3.63, 3.8) is 0 Å². The van der Waals surface area contributed by atoms with E-state index in [0.29, 0.717) is 19.4 Å². The summed E-state index contributed by atoms with van der Waals surface area (Å²) < 4.78 is 0. The molecule has 0 saturated heterocycles. The van der Waals surface area contributed by atoms with Gasteiger partial charge < -0.3 is 16.3 Å². The Morgan fingerprint density at radius 1 is 1.47 bits per heavy atom. The van der Waals surface area contributed by atoms with Crippen molar-refractivity contribution in [2.45, 2.75) is 39.0 Å². The monoisotopic (exact) mass is 213 g/mol. The topological polar surface area (TPSA) is 87.7 Å². The summed E-state index contributed by atoms with van der Waals surface area (Å²) in [5.74, 6) is -0.0619. The van der Waals surface area contributed by atoms with Crippen LogP contribution in [0.3, 0.4) is 0 Å². The highest BCUT2D eigenvalue weighted by Crippen LogP contribution is 2.36. The van der Waals surface area contributed by atoms with E-state index in [1.807, 2.05) is 6.92 Å². The van der Waals surface area contributed by atoms with Gasteiger partial charge in [-0.25, -0.2) is 0 Å². The number of hydrogen-bond donors (Lipinski definition) is 3. The fourth-order valence-corrected chi connectivity index (χ4v) is 2.18. The van der Waals surface area contributed by atoms with E-state index in [2.05, 4.69) is 10.5 Å². The number of oxime groups is 1. The van der Waals surface area contributed by atoms with Crippen LogP contribution in [0.4, 0.5) is 0 Å². The Bertz CT molecular complexity index is 257. The molecule has 1 aliphatic rings. The highest BCUT2D eigenvalue weighted by Gasteiger charge is 2.43. The minimum Gasteiger partial charge on any atom is -0.409 e. The molecule has 0 radical (unpaired) electrons. The van der Waals surface area contributed by atoms with Crippen LogP contribution in [0.25, 0.3) is 0 Å². The second-order valence-corrected chi connectivity index (χ2v) is 3.99. The Morgan fingerprint density at radius 3 is 2.53 bits per heavy atom. The summed E-state index contributed by atoms with van der Waals surface area (Å²) in [7, 11) is 0. The lowest BCUT2D eigenvalue weighted by Crippen LogP contribution is -2.50. The molecule has 1 saturated carbocycles. The van der Waals surface area contributed by atoms with E-state index >= 15 is 0 Å². The van der Waals surface area contributed by atoms with Crippen molar-refractivity contribution in [2.75, 3.05) is 6.54 Å². The van der Waals surface area contributed by atoms with Crippen LogP contribution in [0.2, 0.25) is 0 Å². The first kappa shape index (κ1) is 11.8. The average Bonchev–Trinajstić information content (AvgIpc) is 2.29. The van der Waals surface area contributed by atoms with Gasteiger partial charge in [0.15, 0.2) is 5.84 Å². The molecule has 4 N–H and O–H groups in total. The number of rotatable bonds is 3. The molecule has 0 bridgehead atoms. The largest absolute Gasteiger partial charge is 0.409 e. The van der Waals surface area contributed by atoms with Crippen LogP contribution in [-0.2, 0) is 4.79 Å². The van der Waals surface area contributed by atoms with Crippen LogP contribution >= 0.6 is 0 Å². The molecule has 0 aromatic heterocycles. The van der Waals surface area contributed by atoms with Gasteiger partial charge in [0.05, 0.1) is 0 Å². The molecule has 5 heteroatoms. The molecule has 15 heavy (non-hydrogen) atoms. The third-order valence-corrected chi connectivity index (χ3v) is 3.08. The molecule has 86 valence electrons. The summed E-state index contributed by atoms with van der Waals surface area (Å²) in [6.45, 7) is 2.43. The van der Waals surface area contributed by atoms with E-state index in [9.17, 15) is 4.79 Å². The lowest BCUT2D eigenvalue weighted by Gasteiger charge is -2.34. The van der Waals surface area contributed by atoms with Crippen LogP contribution in [0, 0.1) is 5.41 Å². The number of carbonyl (C=O) groups excluding carboxylic acids is 1. The molecule has 1 amide bonds. The van der Waals surface area contributed by atoms with Gasteiger partial charge in [-0.1, -0.05) is 24.4 Å². The van der Waals surface area contributed by atoms with Gasteiger partial charge >= 0.3 is 0 Å². The number of amidine groups is 1. The fourth-order valence-electron chi connectivity index (χ4n) is 2.18. The standard InChI is InChI=1S/C10H19N3O2/c1-2-12-9(14)10(8(11)13-15)6-4-3-5-7-10/h15H,2-7H2,1H3,(H2,11,13)(H,12,14). The summed E-state index contributed by atoms with van der Waals surface area (Å²) in [6.07, 6.45) is 4.37. The zero-order valence-corrected chi connectivity index (χ0v) is 9.12. The maximum atomic E-state index is 11.9. The normalized spacial score (nSPS) is 21.0. The van der Waals surface area contributed by atoms with Crippen molar-refractivity contribution >= 4 is 11.7 Å². The Hall–Kier alpha value is -1.26. The van der Waals surface area contributed by atoms with Gasteiger partial charge in [0.2, 0.25) is 5.91 Å². The van der Waals surface area contributed by atoms with E-state index in [-0.39, 0.29) is 11.7 Å². The lowest BCUT2D eigenvalue weighted by atomic mass is 9.72. The molecular formula is C10H19N3O2. The number of carbonyl (C=O) groups is 1. The molecule has 0 aliphatic heterocycles. The van der Waals surface area contributed by atoms with Crippen LogP contribution in [0.1, 0.15) is 39.0 Å². The second kappa shape index (κ2) is 5.00. The van der Waals surface area contributed by atoms with E-state index < -0.39 is 5.41 Å². The van der Waals surface area contributed by atoms with Crippen molar-refractivity contribution < 1.29 is 10.0 Å². The smallest absolute Gasteiger partial charge is 0.233 e. The average molecular weight is 213 g/mol. The first-order valence-corrected chi connectivity index (χ1v) is 5.43. The van der Waals surface area contributed by atoms with Gasteiger partial charge in [0.25, 0.3) is 0 Å². The van der Waals surface area contributed by atoms with Crippen LogP contribution in [-0.4, -0.2) is 23.5 Å². The van der Waals surface area contributed by atoms with Crippen LogP contribution in [0.5, 0.6) is 0 Å². The lowest BCUT2D eigenvalue weighted by molar-refractivity contribution is -0.128. The third kappa shape index (κ3) is 2.22. The number of nitrogens with one attached hydrogen (secondary N) is 1. The number of amides is 1. The molecule has 5 nitrogen and oxygen atoms in total. The first-order valence-electron chi connectivity index (χ1n) is 5.43. The molecule has 0 atom stereocenters. The maximum Gasteiger partial charge on any atom is 0.233 e. The minimum absolute atomic E-state index is 0.0492. The van der Waals surface area contributed by atoms with Crippen molar-refractivity contribution in [3.8, 4) is 0 Å². The van der Waals surface area contributed by atoms with E-state index in [0.717, 1.165) is 19.3 Å². The van der Waals surface area contributed by atoms with Crippen molar-refractivity contribution in [1.29, 1.82) is 0 Å². The molecule has 1 fully saturated rings. The predicted octanol–water partition coefficient (Wildman–Crippen LogP) is 0.819. The fraction of sp³-hybridized carbons (Fsp3) is 0.800. The van der Waals surface area contributed by atoms with Gasteiger partial charge in [-0.3, -0.25) is 4.79 Å². The summed E-state index contributed by atoms with van der Waals surface area (Å²) in [6, 6.07) is 0. The quantitative estimate of drug-likeness (QED) is 0.281. The van der Waals surface area contributed by atoms with E-state index in [4.69, 9.17) is 10.9 Å². The second-order valence-electron chi connectivity index (χ2n) is 3.99. The Labute approximate surface area is 89.7 Å². The predicted molar refractivity (Wildman–Crippen MR) is 57.6 cm³/mol. The SMILES string of the molecule is CCNC(=O)C1(C(N)=NO)CCCCC1. The number of hydrogen-bond acceptors (Lipinski definition) is 3. The van der Waals surface area contributed by atoms with Gasteiger partial charge in [0.1, 0.15) is 5.41 Å².